The maximum absolute atomic E-state index is 11.8. The van der Waals surface area contributed by atoms with Crippen LogP contribution in [-0.2, 0) is 4.79 Å². The number of anilines is 1. The van der Waals surface area contributed by atoms with Crippen molar-refractivity contribution in [1.82, 2.24) is 4.90 Å². The van der Waals surface area contributed by atoms with Gasteiger partial charge in [0.25, 0.3) is 0 Å². The van der Waals surface area contributed by atoms with Gasteiger partial charge >= 0.3 is 0 Å². The second kappa shape index (κ2) is 7.14. The topological polar surface area (TPSA) is 56.1 Å². The highest BCUT2D eigenvalue weighted by molar-refractivity contribution is 9.10. The van der Waals surface area contributed by atoms with E-state index in [0.717, 1.165) is 10.2 Å². The second-order valence-electron chi connectivity index (χ2n) is 4.29. The van der Waals surface area contributed by atoms with E-state index >= 15 is 0 Å². The van der Waals surface area contributed by atoms with E-state index in [0.29, 0.717) is 6.54 Å². The molecule has 0 aromatic heterocycles. The minimum Gasteiger partial charge on any atom is -0.325 e. The number of rotatable bonds is 5. The quantitative estimate of drug-likeness (QED) is 0.909. The van der Waals surface area contributed by atoms with E-state index in [1.165, 1.54) is 0 Å². The average molecular weight is 310 g/mol. The summed E-state index contributed by atoms with van der Waals surface area (Å²) in [7, 11) is 1.83. The predicted molar refractivity (Wildman–Crippen MR) is 75.0 cm³/mol. The van der Waals surface area contributed by atoms with Crippen LogP contribution in [0.25, 0.3) is 0 Å². The zero-order valence-electron chi connectivity index (χ0n) is 10.5. The smallest absolute Gasteiger partial charge is 0.238 e. The third-order valence-electron chi connectivity index (χ3n) is 2.33. The fourth-order valence-corrected chi connectivity index (χ4v) is 1.98. The first-order valence-electron chi connectivity index (χ1n) is 5.65. The van der Waals surface area contributed by atoms with Crippen LogP contribution >= 0.6 is 15.9 Å². The Morgan fingerprint density at radius 2 is 2.33 bits per heavy atom. The molecule has 18 heavy (non-hydrogen) atoms. The molecule has 0 aliphatic carbocycles. The lowest BCUT2D eigenvalue weighted by Gasteiger charge is -2.17. The lowest BCUT2D eigenvalue weighted by molar-refractivity contribution is -0.117. The molecule has 0 radical (unpaired) electrons. The van der Waals surface area contributed by atoms with Gasteiger partial charge in [-0.2, -0.15) is 5.26 Å². The summed E-state index contributed by atoms with van der Waals surface area (Å²) in [5.74, 6) is -0.158. The number of benzene rings is 1. The van der Waals surface area contributed by atoms with E-state index in [1.54, 1.807) is 0 Å². The van der Waals surface area contributed by atoms with Crippen molar-refractivity contribution in [2.45, 2.75) is 6.92 Å². The Bertz CT molecular complexity index is 456. The summed E-state index contributed by atoms with van der Waals surface area (Å²) in [5.41, 5.74) is 0.760. The van der Waals surface area contributed by atoms with E-state index in [9.17, 15) is 4.79 Å². The van der Waals surface area contributed by atoms with Gasteiger partial charge in [-0.1, -0.05) is 22.0 Å². The van der Waals surface area contributed by atoms with Crippen molar-refractivity contribution in [3.05, 3.63) is 28.7 Å². The number of nitrogens with one attached hydrogen (secondary N) is 1. The summed E-state index contributed by atoms with van der Waals surface area (Å²) in [5, 5.41) is 11.5. The molecule has 0 fully saturated rings. The Balaban J connectivity index is 2.45. The maximum Gasteiger partial charge on any atom is 0.238 e. The van der Waals surface area contributed by atoms with Crippen molar-refractivity contribution < 1.29 is 4.79 Å². The lowest BCUT2D eigenvalue weighted by atomic mass is 10.2. The Hall–Kier alpha value is -1.38. The summed E-state index contributed by atoms with van der Waals surface area (Å²) in [6.07, 6.45) is 0. The molecule has 0 aliphatic rings. The van der Waals surface area contributed by atoms with Crippen LogP contribution in [0.2, 0.25) is 0 Å². The van der Waals surface area contributed by atoms with Crippen LogP contribution in [0.3, 0.4) is 0 Å². The number of likely N-dealkylation sites (N-methyl/N-ethyl adjacent to an activating group) is 1. The van der Waals surface area contributed by atoms with Gasteiger partial charge < -0.3 is 5.32 Å². The van der Waals surface area contributed by atoms with Gasteiger partial charge in [-0.05, 0) is 32.2 Å². The van der Waals surface area contributed by atoms with E-state index in [1.807, 2.05) is 43.1 Å². The summed E-state index contributed by atoms with van der Waals surface area (Å²) in [6.45, 7) is 2.70. The number of carbonyl (C=O) groups excluding carboxylic acids is 1. The number of carbonyl (C=O) groups is 1. The van der Waals surface area contributed by atoms with Gasteiger partial charge in [0.15, 0.2) is 0 Å². The van der Waals surface area contributed by atoms with E-state index < -0.39 is 0 Å². The van der Waals surface area contributed by atoms with Crippen molar-refractivity contribution in [3.8, 4) is 6.07 Å². The summed E-state index contributed by atoms with van der Waals surface area (Å²) in [4.78, 5) is 13.6. The monoisotopic (exact) mass is 309 g/mol. The van der Waals surface area contributed by atoms with Crippen molar-refractivity contribution in [2.75, 3.05) is 25.5 Å². The molecule has 4 nitrogen and oxygen atoms in total. The van der Waals surface area contributed by atoms with Gasteiger partial charge in [0.05, 0.1) is 18.5 Å². The Kier molecular flexibility index (Phi) is 5.83. The molecule has 0 spiro atoms. The van der Waals surface area contributed by atoms with Gasteiger partial charge in [0.2, 0.25) is 5.91 Å². The zero-order valence-corrected chi connectivity index (χ0v) is 12.1. The van der Waals surface area contributed by atoms with Crippen molar-refractivity contribution in [1.29, 1.82) is 5.26 Å². The fourth-order valence-electron chi connectivity index (χ4n) is 1.58. The number of amides is 1. The zero-order chi connectivity index (χ0) is 13.5. The van der Waals surface area contributed by atoms with E-state index in [2.05, 4.69) is 27.3 Å². The van der Waals surface area contributed by atoms with Crippen LogP contribution in [0, 0.1) is 17.2 Å². The van der Waals surface area contributed by atoms with Gasteiger partial charge in [-0.25, -0.2) is 0 Å². The minimum absolute atomic E-state index is 0.0753. The molecule has 0 aliphatic heterocycles. The molecular weight excluding hydrogens is 294 g/mol. The summed E-state index contributed by atoms with van der Waals surface area (Å²) < 4.78 is 0.923. The van der Waals surface area contributed by atoms with Gasteiger partial charge in [-0.3, -0.25) is 9.69 Å². The molecule has 1 amide bonds. The lowest BCUT2D eigenvalue weighted by Crippen LogP contribution is -2.32. The SMILES string of the molecule is CC(C#N)CN(C)CC(=O)Nc1cccc(Br)c1. The fraction of sp³-hybridized carbons (Fsp3) is 0.385. The van der Waals surface area contributed by atoms with Crippen LogP contribution < -0.4 is 5.32 Å². The van der Waals surface area contributed by atoms with Crippen LogP contribution in [0.15, 0.2) is 28.7 Å². The normalized spacial score (nSPS) is 11.9. The Morgan fingerprint density at radius 1 is 1.61 bits per heavy atom. The van der Waals surface area contributed by atoms with Crippen LogP contribution in [0.1, 0.15) is 6.92 Å². The molecule has 96 valence electrons. The molecule has 5 heteroatoms. The second-order valence-corrected chi connectivity index (χ2v) is 5.20. The summed E-state index contributed by atoms with van der Waals surface area (Å²) >= 11 is 3.35. The van der Waals surface area contributed by atoms with E-state index in [-0.39, 0.29) is 18.4 Å². The molecule has 1 rings (SSSR count). The van der Waals surface area contributed by atoms with E-state index in [4.69, 9.17) is 5.26 Å². The molecule has 0 saturated heterocycles. The number of hydrogen-bond donors (Lipinski definition) is 1. The van der Waals surface area contributed by atoms with Crippen LogP contribution in [0.5, 0.6) is 0 Å². The van der Waals surface area contributed by atoms with Crippen LogP contribution in [0.4, 0.5) is 5.69 Å². The molecule has 1 aromatic carbocycles. The van der Waals surface area contributed by atoms with Crippen molar-refractivity contribution >= 4 is 27.5 Å². The first-order chi connectivity index (χ1) is 8.51. The van der Waals surface area contributed by atoms with Gasteiger partial charge in [-0.15, -0.1) is 0 Å². The third kappa shape index (κ3) is 5.30. The highest BCUT2D eigenvalue weighted by Crippen LogP contribution is 2.15. The predicted octanol–water partition coefficient (Wildman–Crippen LogP) is 2.48. The highest BCUT2D eigenvalue weighted by atomic mass is 79.9. The van der Waals surface area contributed by atoms with Crippen molar-refractivity contribution in [2.24, 2.45) is 5.92 Å². The first-order valence-corrected chi connectivity index (χ1v) is 6.44. The molecule has 1 aromatic rings. The first kappa shape index (κ1) is 14.7. The molecule has 0 heterocycles. The molecular formula is C13H16BrN3O. The third-order valence-corrected chi connectivity index (χ3v) is 2.82. The van der Waals surface area contributed by atoms with Gasteiger partial charge in [0, 0.05) is 16.7 Å². The number of halogens is 1. The molecule has 1 atom stereocenters. The Labute approximate surface area is 116 Å². The molecule has 0 saturated carbocycles. The molecule has 1 unspecified atom stereocenters. The van der Waals surface area contributed by atoms with Gasteiger partial charge in [0.1, 0.15) is 0 Å². The maximum atomic E-state index is 11.8. The number of hydrogen-bond acceptors (Lipinski definition) is 3. The minimum atomic E-state index is -0.0826. The standard InChI is InChI=1S/C13H16BrN3O/c1-10(7-15)8-17(2)9-13(18)16-12-5-3-4-11(14)6-12/h3-6,10H,8-9H2,1-2H3,(H,16,18). The summed E-state index contributed by atoms with van der Waals surface area (Å²) in [6, 6.07) is 9.59. The number of nitrogens with zero attached hydrogens (tertiary/aromatic N) is 2. The Morgan fingerprint density at radius 3 is 2.94 bits per heavy atom. The molecule has 1 N–H and O–H groups in total. The number of nitriles is 1. The largest absolute Gasteiger partial charge is 0.325 e. The highest BCUT2D eigenvalue weighted by Gasteiger charge is 2.10. The average Bonchev–Trinajstić information content (AvgIpc) is 2.28. The van der Waals surface area contributed by atoms with Crippen molar-refractivity contribution in [3.63, 3.8) is 0 Å². The van der Waals surface area contributed by atoms with Crippen LogP contribution in [-0.4, -0.2) is 30.9 Å². The molecule has 0 bridgehead atoms.